The van der Waals surface area contributed by atoms with E-state index in [1.54, 1.807) is 22.8 Å². The maximum atomic E-state index is 13.0. The number of carbonyl (C=O) groups excluding carboxylic acids is 4. The van der Waals surface area contributed by atoms with E-state index in [4.69, 9.17) is 15.9 Å². The van der Waals surface area contributed by atoms with Gasteiger partial charge in [-0.1, -0.05) is 11.5 Å². The third-order valence-electron chi connectivity index (χ3n) is 6.44. The Morgan fingerprint density at radius 1 is 1.08 bits per heavy atom. The second kappa shape index (κ2) is 13.3. The fourth-order valence-electron chi connectivity index (χ4n) is 4.47. The lowest BCUT2D eigenvalue weighted by molar-refractivity contribution is -0.143. The smallest absolute Gasteiger partial charge is 0.410 e. The predicted molar refractivity (Wildman–Crippen MR) is 136 cm³/mol. The number of ether oxygens (including phenoxy) is 2. The van der Waals surface area contributed by atoms with Crippen LogP contribution in [0.25, 0.3) is 0 Å². The highest BCUT2D eigenvalue weighted by Crippen LogP contribution is 2.26. The molecule has 0 aliphatic carbocycles. The first-order valence-corrected chi connectivity index (χ1v) is 12.8. The number of carbonyl (C=O) groups is 4. The summed E-state index contributed by atoms with van der Waals surface area (Å²) in [5, 5.41) is 2.73. The Bertz CT molecular complexity index is 877. The average molecular weight is 504 g/mol. The second-order valence-electron chi connectivity index (χ2n) is 10.5. The van der Waals surface area contributed by atoms with Crippen LogP contribution >= 0.6 is 0 Å². The number of nitrogens with one attached hydrogen (secondary N) is 1. The average Bonchev–Trinajstić information content (AvgIpc) is 2.82. The summed E-state index contributed by atoms with van der Waals surface area (Å²) in [4.78, 5) is 53.1. The van der Waals surface area contributed by atoms with Crippen LogP contribution in [0.1, 0.15) is 66.7 Å². The number of esters is 1. The first kappa shape index (κ1) is 29.2. The summed E-state index contributed by atoms with van der Waals surface area (Å²) in [7, 11) is 0. The standard InChI is InChI=1S/C27H41N3O6/c1-7-22(17-24(32)35-8-2)28-25(33)21-10-9-13-30(18-21)23(31)16-19(3)20-11-14-29(15-12-20)26(34)36-27(4,5)6/h1,16,20-22H,8-15,17-18H2,2-6H3,(H,28,33)/b19-16+/t21-,22?/m1/s1. The van der Waals surface area contributed by atoms with Gasteiger partial charge in [0.2, 0.25) is 11.8 Å². The van der Waals surface area contributed by atoms with E-state index in [9.17, 15) is 19.2 Å². The van der Waals surface area contributed by atoms with Crippen LogP contribution < -0.4 is 5.32 Å². The van der Waals surface area contributed by atoms with Crippen molar-refractivity contribution in [2.24, 2.45) is 11.8 Å². The van der Waals surface area contributed by atoms with Crippen LogP contribution in [0.5, 0.6) is 0 Å². The summed E-state index contributed by atoms with van der Waals surface area (Å²) in [5.41, 5.74) is 0.458. The largest absolute Gasteiger partial charge is 0.466 e. The van der Waals surface area contributed by atoms with Crippen molar-refractivity contribution in [2.75, 3.05) is 32.8 Å². The summed E-state index contributed by atoms with van der Waals surface area (Å²) < 4.78 is 10.4. The molecule has 0 spiro atoms. The Labute approximate surface area is 214 Å². The SMILES string of the molecule is C#CC(CC(=O)OCC)NC(=O)[C@@H]1CCCN(C(=O)/C=C(\C)C2CCN(C(=O)OC(C)(C)C)CC2)C1. The van der Waals surface area contributed by atoms with Crippen LogP contribution in [-0.2, 0) is 23.9 Å². The van der Waals surface area contributed by atoms with Crippen molar-refractivity contribution in [2.45, 2.75) is 78.4 Å². The molecule has 2 heterocycles. The molecule has 0 aromatic carbocycles. The van der Waals surface area contributed by atoms with Gasteiger partial charge in [-0.2, -0.15) is 0 Å². The Kier molecular flexibility index (Phi) is 10.8. The summed E-state index contributed by atoms with van der Waals surface area (Å²) >= 11 is 0. The zero-order chi connectivity index (χ0) is 26.9. The monoisotopic (exact) mass is 503 g/mol. The molecule has 3 amide bonds. The van der Waals surface area contributed by atoms with Gasteiger partial charge in [0, 0.05) is 32.3 Å². The van der Waals surface area contributed by atoms with Gasteiger partial charge in [-0.3, -0.25) is 14.4 Å². The minimum atomic E-state index is -0.740. The molecule has 9 heteroatoms. The Morgan fingerprint density at radius 3 is 2.33 bits per heavy atom. The van der Waals surface area contributed by atoms with Gasteiger partial charge in [0.25, 0.3) is 0 Å². The van der Waals surface area contributed by atoms with E-state index < -0.39 is 17.6 Å². The van der Waals surface area contributed by atoms with Gasteiger partial charge in [0.15, 0.2) is 0 Å². The molecular weight excluding hydrogens is 462 g/mol. The molecule has 2 fully saturated rings. The van der Waals surface area contributed by atoms with Crippen LogP contribution in [0, 0.1) is 24.2 Å². The topological polar surface area (TPSA) is 105 Å². The summed E-state index contributed by atoms with van der Waals surface area (Å²) in [6.45, 7) is 11.5. The van der Waals surface area contributed by atoms with Gasteiger partial charge in [0.1, 0.15) is 11.6 Å². The van der Waals surface area contributed by atoms with Gasteiger partial charge < -0.3 is 24.6 Å². The zero-order valence-corrected chi connectivity index (χ0v) is 22.3. The molecule has 0 aromatic rings. The highest BCUT2D eigenvalue weighted by atomic mass is 16.6. The van der Waals surface area contributed by atoms with E-state index in [1.165, 1.54) is 0 Å². The van der Waals surface area contributed by atoms with Crippen LogP contribution in [0.4, 0.5) is 4.79 Å². The molecule has 36 heavy (non-hydrogen) atoms. The molecule has 2 saturated heterocycles. The molecule has 0 saturated carbocycles. The lowest BCUT2D eigenvalue weighted by Crippen LogP contribution is -2.47. The van der Waals surface area contributed by atoms with Crippen molar-refractivity contribution in [1.29, 1.82) is 0 Å². The first-order chi connectivity index (χ1) is 16.9. The van der Waals surface area contributed by atoms with Gasteiger partial charge in [-0.15, -0.1) is 6.42 Å². The minimum absolute atomic E-state index is 0.0832. The highest BCUT2D eigenvalue weighted by molar-refractivity contribution is 5.89. The van der Waals surface area contributed by atoms with E-state index in [0.29, 0.717) is 39.0 Å². The number of hydrogen-bond acceptors (Lipinski definition) is 6. The first-order valence-electron chi connectivity index (χ1n) is 12.8. The van der Waals surface area contributed by atoms with Crippen molar-refractivity contribution in [3.8, 4) is 12.3 Å². The number of hydrogen-bond donors (Lipinski definition) is 1. The van der Waals surface area contributed by atoms with Crippen molar-refractivity contribution in [3.05, 3.63) is 11.6 Å². The number of piperidine rings is 2. The number of allylic oxidation sites excluding steroid dienone is 1. The predicted octanol–water partition coefficient (Wildman–Crippen LogP) is 2.89. The zero-order valence-electron chi connectivity index (χ0n) is 22.3. The van der Waals surface area contributed by atoms with Crippen molar-refractivity contribution < 1.29 is 28.7 Å². The van der Waals surface area contributed by atoms with Gasteiger partial charge >= 0.3 is 12.1 Å². The lowest BCUT2D eigenvalue weighted by Gasteiger charge is -2.34. The normalized spacial score (nSPS) is 20.2. The molecule has 2 aliphatic heterocycles. The highest BCUT2D eigenvalue weighted by Gasteiger charge is 2.31. The maximum Gasteiger partial charge on any atom is 0.410 e. The number of likely N-dealkylation sites (tertiary alicyclic amines) is 2. The fraction of sp³-hybridized carbons (Fsp3) is 0.704. The molecular formula is C27H41N3O6. The quantitative estimate of drug-likeness (QED) is 0.325. The molecule has 0 aromatic heterocycles. The lowest BCUT2D eigenvalue weighted by atomic mass is 9.89. The van der Waals surface area contributed by atoms with Gasteiger partial charge in [-0.25, -0.2) is 4.79 Å². The van der Waals surface area contributed by atoms with Gasteiger partial charge in [0.05, 0.1) is 18.9 Å². The molecule has 2 aliphatic rings. The van der Waals surface area contributed by atoms with Crippen molar-refractivity contribution in [1.82, 2.24) is 15.1 Å². The van der Waals surface area contributed by atoms with Gasteiger partial charge in [-0.05, 0) is 66.2 Å². The van der Waals surface area contributed by atoms with E-state index in [2.05, 4.69) is 11.2 Å². The minimum Gasteiger partial charge on any atom is -0.466 e. The second-order valence-corrected chi connectivity index (χ2v) is 10.5. The molecule has 0 radical (unpaired) electrons. The van der Waals surface area contributed by atoms with Crippen LogP contribution in [-0.4, -0.2) is 78.1 Å². The summed E-state index contributed by atoms with van der Waals surface area (Å²) in [6.07, 6.45) is 9.66. The fourth-order valence-corrected chi connectivity index (χ4v) is 4.47. The number of amides is 3. The third-order valence-corrected chi connectivity index (χ3v) is 6.44. The molecule has 1 unspecified atom stereocenters. The summed E-state index contributed by atoms with van der Waals surface area (Å²) in [5.74, 6) is 1.43. The van der Waals surface area contributed by atoms with E-state index in [-0.39, 0.29) is 42.8 Å². The van der Waals surface area contributed by atoms with Crippen molar-refractivity contribution in [3.63, 3.8) is 0 Å². The molecule has 0 bridgehead atoms. The number of terminal acetylenes is 1. The van der Waals surface area contributed by atoms with Crippen LogP contribution in [0.2, 0.25) is 0 Å². The van der Waals surface area contributed by atoms with Crippen LogP contribution in [0.3, 0.4) is 0 Å². The number of nitrogens with zero attached hydrogens (tertiary/aromatic N) is 2. The maximum absolute atomic E-state index is 13.0. The molecule has 1 N–H and O–H groups in total. The van der Waals surface area contributed by atoms with E-state index >= 15 is 0 Å². The third kappa shape index (κ3) is 9.21. The Hall–Kier alpha value is -3.02. The molecule has 2 atom stereocenters. The molecule has 9 nitrogen and oxygen atoms in total. The molecule has 2 rings (SSSR count). The molecule has 200 valence electrons. The van der Waals surface area contributed by atoms with Crippen LogP contribution in [0.15, 0.2) is 11.6 Å². The Morgan fingerprint density at radius 2 is 1.75 bits per heavy atom. The van der Waals surface area contributed by atoms with E-state index in [0.717, 1.165) is 18.4 Å². The van der Waals surface area contributed by atoms with E-state index in [1.807, 2.05) is 27.7 Å². The Balaban J connectivity index is 1.88. The summed E-state index contributed by atoms with van der Waals surface area (Å²) in [6, 6.07) is -0.740. The number of rotatable bonds is 7. The van der Waals surface area contributed by atoms with Crippen molar-refractivity contribution >= 4 is 23.9 Å².